The Morgan fingerprint density at radius 2 is 1.33 bits per heavy atom. The minimum Gasteiger partial charge on any atom is -0.507 e. The van der Waals surface area contributed by atoms with Gasteiger partial charge in [-0.25, -0.2) is 4.57 Å². The van der Waals surface area contributed by atoms with Gasteiger partial charge in [-0.1, -0.05) is 78.9 Å². The van der Waals surface area contributed by atoms with E-state index in [1.54, 1.807) is 11.6 Å². The summed E-state index contributed by atoms with van der Waals surface area (Å²) in [7, 11) is 1.72. The van der Waals surface area contributed by atoms with Crippen LogP contribution in [0.25, 0.3) is 44.6 Å². The SMILES string of the molecule is [2H]C([2H])([2H])c1cc(-c2c(C)ccc(-c3cccc(-c4cccc(-c5ccccc5)c4)c3O)c2C)[n+](C)cc1C([2H])([2H])[2H]. The lowest BCUT2D eigenvalue weighted by atomic mass is 9.88. The minimum atomic E-state index is -2.60. The zero-order valence-electron chi connectivity index (χ0n) is 26.6. The lowest BCUT2D eigenvalue weighted by Crippen LogP contribution is -2.32. The van der Waals surface area contributed by atoms with Crippen molar-refractivity contribution in [1.29, 1.82) is 0 Å². The molecule has 2 nitrogen and oxygen atoms in total. The Balaban J connectivity index is 1.67. The fourth-order valence-corrected chi connectivity index (χ4v) is 4.92. The van der Waals surface area contributed by atoms with E-state index in [-0.39, 0.29) is 16.9 Å². The van der Waals surface area contributed by atoms with Crippen LogP contribution in [-0.4, -0.2) is 5.11 Å². The molecule has 0 radical (unpaired) electrons. The van der Waals surface area contributed by atoms with Crippen LogP contribution in [-0.2, 0) is 7.05 Å². The molecule has 0 saturated heterocycles. The first-order chi connectivity index (χ1) is 19.8. The Kier molecular flexibility index (Phi) is 4.55. The van der Waals surface area contributed by atoms with Gasteiger partial charge in [-0.2, -0.15) is 0 Å². The molecule has 5 rings (SSSR count). The molecule has 4 aromatic carbocycles. The summed E-state index contributed by atoms with van der Waals surface area (Å²) < 4.78 is 49.6. The van der Waals surface area contributed by atoms with E-state index in [1.165, 1.54) is 12.3 Å². The monoisotopic (exact) mass is 476 g/mol. The highest BCUT2D eigenvalue weighted by atomic mass is 16.3. The third-order valence-corrected chi connectivity index (χ3v) is 6.81. The van der Waals surface area contributed by atoms with Crippen LogP contribution in [0.5, 0.6) is 5.75 Å². The van der Waals surface area contributed by atoms with Crippen molar-refractivity contribution in [3.8, 4) is 50.4 Å². The van der Waals surface area contributed by atoms with Gasteiger partial charge in [0.15, 0.2) is 6.20 Å². The van der Waals surface area contributed by atoms with Crippen molar-refractivity contribution in [2.45, 2.75) is 27.6 Å². The predicted molar refractivity (Wildman–Crippen MR) is 150 cm³/mol. The third kappa shape index (κ3) is 4.20. The van der Waals surface area contributed by atoms with Crippen molar-refractivity contribution >= 4 is 0 Å². The Morgan fingerprint density at radius 1 is 0.639 bits per heavy atom. The summed E-state index contributed by atoms with van der Waals surface area (Å²) in [4.78, 5) is 0. The molecule has 5 aromatic rings. The molecular formula is C34H32NO+. The molecule has 0 saturated carbocycles. The van der Waals surface area contributed by atoms with Gasteiger partial charge in [0.1, 0.15) is 12.8 Å². The lowest BCUT2D eigenvalue weighted by molar-refractivity contribution is -0.660. The molecule has 36 heavy (non-hydrogen) atoms. The standard InChI is InChI=1S/C34H31NO/c1-22-17-18-29(25(4)33(22)32-19-23(2)24(3)21-35(32)5)31-16-10-15-30(34(31)36)28-14-9-13-27(20-28)26-11-7-6-8-12-26/h6-21H,1-5H3/p+1/i2D3,3D3. The maximum atomic E-state index is 11.6. The number of aryl methyl sites for hydroxylation is 4. The Labute approximate surface area is 222 Å². The molecule has 0 aliphatic carbocycles. The first-order valence-corrected chi connectivity index (χ1v) is 11.9. The van der Waals surface area contributed by atoms with Crippen LogP contribution in [0, 0.1) is 27.6 Å². The molecule has 0 aliphatic rings. The zero-order chi connectivity index (χ0) is 30.4. The number of pyridine rings is 1. The highest BCUT2D eigenvalue weighted by Gasteiger charge is 2.21. The molecule has 0 amide bonds. The van der Waals surface area contributed by atoms with Gasteiger partial charge in [-0.15, -0.1) is 0 Å². The highest BCUT2D eigenvalue weighted by molar-refractivity contribution is 5.87. The number of para-hydroxylation sites is 1. The van der Waals surface area contributed by atoms with Gasteiger partial charge in [0.05, 0.1) is 5.56 Å². The molecule has 0 atom stereocenters. The van der Waals surface area contributed by atoms with Crippen molar-refractivity contribution in [3.05, 3.63) is 119 Å². The minimum absolute atomic E-state index is 0.144. The molecule has 0 unspecified atom stereocenters. The summed E-state index contributed by atoms with van der Waals surface area (Å²) in [5.74, 6) is 0.144. The van der Waals surface area contributed by atoms with Crippen molar-refractivity contribution < 1.29 is 17.9 Å². The Hall–Kier alpha value is -4.17. The largest absolute Gasteiger partial charge is 0.507 e. The maximum Gasteiger partial charge on any atom is 0.213 e. The zero-order valence-corrected chi connectivity index (χ0v) is 20.6. The second kappa shape index (κ2) is 9.47. The van der Waals surface area contributed by atoms with E-state index in [4.69, 9.17) is 8.22 Å². The fourth-order valence-electron chi connectivity index (χ4n) is 4.92. The van der Waals surface area contributed by atoms with Crippen LogP contribution >= 0.6 is 0 Å². The van der Waals surface area contributed by atoms with Crippen LogP contribution in [0.2, 0.25) is 0 Å². The quantitative estimate of drug-likeness (QED) is 0.260. The molecule has 1 aromatic heterocycles. The summed E-state index contributed by atoms with van der Waals surface area (Å²) in [5.41, 5.74) is 7.88. The van der Waals surface area contributed by atoms with Crippen molar-refractivity contribution in [3.63, 3.8) is 0 Å². The number of benzene rings is 4. The molecule has 0 spiro atoms. The number of hydrogen-bond donors (Lipinski definition) is 1. The van der Waals surface area contributed by atoms with Gasteiger partial charge in [0.2, 0.25) is 5.69 Å². The van der Waals surface area contributed by atoms with Crippen molar-refractivity contribution in [2.75, 3.05) is 0 Å². The summed E-state index contributed by atoms with van der Waals surface area (Å²) in [6.45, 7) is -1.31. The number of aromatic nitrogens is 1. The molecular weight excluding hydrogens is 438 g/mol. The van der Waals surface area contributed by atoms with E-state index >= 15 is 0 Å². The normalized spacial score (nSPS) is 14.2. The Morgan fingerprint density at radius 3 is 2.11 bits per heavy atom. The average Bonchev–Trinajstić information content (AvgIpc) is 2.94. The second-order valence-corrected chi connectivity index (χ2v) is 9.18. The van der Waals surface area contributed by atoms with E-state index in [0.717, 1.165) is 38.9 Å². The van der Waals surface area contributed by atoms with E-state index in [1.807, 2.05) is 80.6 Å². The first kappa shape index (κ1) is 17.3. The molecule has 0 bridgehead atoms. The second-order valence-electron chi connectivity index (χ2n) is 9.18. The summed E-state index contributed by atoms with van der Waals surface area (Å²) >= 11 is 0. The summed E-state index contributed by atoms with van der Waals surface area (Å²) in [6.07, 6.45) is 1.40. The molecule has 1 heterocycles. The van der Waals surface area contributed by atoms with Crippen LogP contribution < -0.4 is 4.57 Å². The van der Waals surface area contributed by atoms with Crippen LogP contribution in [0.3, 0.4) is 0 Å². The van der Waals surface area contributed by atoms with E-state index < -0.39 is 13.7 Å². The lowest BCUT2D eigenvalue weighted by Gasteiger charge is -2.17. The molecule has 0 fully saturated rings. The molecule has 1 N–H and O–H groups in total. The van der Waals surface area contributed by atoms with E-state index in [9.17, 15) is 5.11 Å². The topological polar surface area (TPSA) is 24.1 Å². The number of rotatable bonds is 4. The highest BCUT2D eigenvalue weighted by Crippen LogP contribution is 2.42. The average molecular weight is 477 g/mol. The third-order valence-electron chi connectivity index (χ3n) is 6.81. The number of nitrogens with zero attached hydrogens (tertiary/aromatic N) is 1. The number of phenolic OH excluding ortho intramolecular Hbond substituents is 1. The van der Waals surface area contributed by atoms with Gasteiger partial charge in [-0.05, 0) is 72.6 Å². The number of aromatic hydroxyl groups is 1. The number of hydrogen-bond acceptors (Lipinski definition) is 1. The maximum absolute atomic E-state index is 11.6. The predicted octanol–water partition coefficient (Wildman–Crippen LogP) is 8.12. The van der Waals surface area contributed by atoms with Gasteiger partial charge >= 0.3 is 0 Å². The smallest absolute Gasteiger partial charge is 0.213 e. The molecule has 2 heteroatoms. The van der Waals surface area contributed by atoms with Gasteiger partial charge in [0.25, 0.3) is 0 Å². The van der Waals surface area contributed by atoms with Crippen LogP contribution in [0.1, 0.15) is 30.5 Å². The van der Waals surface area contributed by atoms with Crippen molar-refractivity contribution in [1.82, 2.24) is 0 Å². The van der Waals surface area contributed by atoms with Gasteiger partial charge in [0, 0.05) is 31.0 Å². The van der Waals surface area contributed by atoms with Crippen LogP contribution in [0.15, 0.2) is 97.2 Å². The van der Waals surface area contributed by atoms with Crippen LogP contribution in [0.4, 0.5) is 0 Å². The van der Waals surface area contributed by atoms with Gasteiger partial charge in [-0.3, -0.25) is 0 Å². The number of phenols is 1. The summed E-state index contributed by atoms with van der Waals surface area (Å²) in [5, 5.41) is 11.6. The van der Waals surface area contributed by atoms with E-state index in [0.29, 0.717) is 16.8 Å². The fraction of sp³-hybridized carbons (Fsp3) is 0.147. The van der Waals surface area contributed by atoms with E-state index in [2.05, 4.69) is 18.2 Å². The Bertz CT molecular complexity index is 1790. The van der Waals surface area contributed by atoms with Gasteiger partial charge < -0.3 is 5.11 Å². The molecule has 178 valence electrons. The van der Waals surface area contributed by atoms with Crippen molar-refractivity contribution in [2.24, 2.45) is 7.05 Å². The summed E-state index contributed by atoms with van der Waals surface area (Å²) in [6, 6.07) is 29.2. The first-order valence-electron chi connectivity index (χ1n) is 14.9. The molecule has 0 aliphatic heterocycles.